The van der Waals surface area contributed by atoms with Crippen LogP contribution in [0.15, 0.2) is 65.6 Å². The fourth-order valence-electron chi connectivity index (χ4n) is 1.88. The van der Waals surface area contributed by atoms with E-state index in [1.54, 1.807) is 18.3 Å². The second-order valence-electron chi connectivity index (χ2n) is 4.24. The Bertz CT molecular complexity index is 782. The zero-order valence-electron chi connectivity index (χ0n) is 10.4. The SMILES string of the molecule is O=c1sc(-c2ccc(Cl)cc2)ncc1-c1ccccc1. The molecule has 0 N–H and O–H groups in total. The zero-order chi connectivity index (χ0) is 13.9. The van der Waals surface area contributed by atoms with Gasteiger partial charge in [0.1, 0.15) is 5.01 Å². The maximum absolute atomic E-state index is 12.2. The first-order valence-electron chi connectivity index (χ1n) is 6.05. The van der Waals surface area contributed by atoms with Crippen LogP contribution < -0.4 is 4.74 Å². The van der Waals surface area contributed by atoms with E-state index in [-0.39, 0.29) is 4.74 Å². The Hall–Kier alpha value is -1.97. The molecule has 2 aromatic carbocycles. The third-order valence-electron chi connectivity index (χ3n) is 2.90. The van der Waals surface area contributed by atoms with Crippen molar-refractivity contribution in [3.05, 3.63) is 75.4 Å². The molecule has 2 nitrogen and oxygen atoms in total. The van der Waals surface area contributed by atoms with E-state index in [1.807, 2.05) is 42.5 Å². The van der Waals surface area contributed by atoms with Gasteiger partial charge in [-0.25, -0.2) is 4.98 Å². The number of hydrogen-bond donors (Lipinski definition) is 0. The molecular formula is C16H10ClNOS. The van der Waals surface area contributed by atoms with Gasteiger partial charge < -0.3 is 0 Å². The third-order valence-corrected chi connectivity index (χ3v) is 4.09. The molecule has 0 aliphatic rings. The molecule has 0 aliphatic heterocycles. The van der Waals surface area contributed by atoms with E-state index >= 15 is 0 Å². The molecule has 98 valence electrons. The van der Waals surface area contributed by atoms with Crippen molar-refractivity contribution < 1.29 is 0 Å². The first-order chi connectivity index (χ1) is 9.74. The molecule has 0 saturated heterocycles. The maximum atomic E-state index is 12.2. The Kier molecular flexibility index (Phi) is 3.63. The van der Waals surface area contributed by atoms with Crippen LogP contribution in [-0.2, 0) is 0 Å². The van der Waals surface area contributed by atoms with Crippen molar-refractivity contribution in [1.82, 2.24) is 4.98 Å². The lowest BCUT2D eigenvalue weighted by molar-refractivity contribution is 1.37. The van der Waals surface area contributed by atoms with Gasteiger partial charge in [-0.2, -0.15) is 0 Å². The quantitative estimate of drug-likeness (QED) is 0.698. The fraction of sp³-hybridized carbons (Fsp3) is 0. The molecule has 1 heterocycles. The van der Waals surface area contributed by atoms with Crippen molar-refractivity contribution in [2.75, 3.05) is 0 Å². The van der Waals surface area contributed by atoms with E-state index in [1.165, 1.54) is 0 Å². The summed E-state index contributed by atoms with van der Waals surface area (Å²) < 4.78 is 0.0103. The largest absolute Gasteiger partial charge is 0.277 e. The first kappa shape index (κ1) is 13.0. The van der Waals surface area contributed by atoms with Gasteiger partial charge in [0.05, 0.1) is 5.56 Å². The highest BCUT2D eigenvalue weighted by atomic mass is 35.5. The summed E-state index contributed by atoms with van der Waals surface area (Å²) in [5.74, 6) is 0. The molecule has 4 heteroatoms. The van der Waals surface area contributed by atoms with Crippen molar-refractivity contribution in [1.29, 1.82) is 0 Å². The summed E-state index contributed by atoms with van der Waals surface area (Å²) in [4.78, 5) is 16.6. The van der Waals surface area contributed by atoms with E-state index in [0.29, 0.717) is 15.6 Å². The van der Waals surface area contributed by atoms with Crippen LogP contribution >= 0.6 is 22.9 Å². The molecular weight excluding hydrogens is 290 g/mol. The van der Waals surface area contributed by atoms with Crippen molar-refractivity contribution in [3.8, 4) is 21.7 Å². The van der Waals surface area contributed by atoms with Crippen molar-refractivity contribution in [2.24, 2.45) is 0 Å². The summed E-state index contributed by atoms with van der Waals surface area (Å²) in [5.41, 5.74) is 2.42. The summed E-state index contributed by atoms with van der Waals surface area (Å²) in [6.45, 7) is 0. The van der Waals surface area contributed by atoms with Gasteiger partial charge in [-0.1, -0.05) is 65.4 Å². The predicted octanol–water partition coefficient (Wildman–Crippen LogP) is 4.49. The van der Waals surface area contributed by atoms with E-state index in [9.17, 15) is 4.79 Å². The monoisotopic (exact) mass is 299 g/mol. The average molecular weight is 300 g/mol. The lowest BCUT2D eigenvalue weighted by atomic mass is 10.1. The highest BCUT2D eigenvalue weighted by Crippen LogP contribution is 2.23. The van der Waals surface area contributed by atoms with Gasteiger partial charge in [0, 0.05) is 16.8 Å². The van der Waals surface area contributed by atoms with Crippen LogP contribution in [0.5, 0.6) is 0 Å². The highest BCUT2D eigenvalue weighted by Gasteiger charge is 2.07. The summed E-state index contributed by atoms with van der Waals surface area (Å²) in [5, 5.41) is 1.37. The zero-order valence-corrected chi connectivity index (χ0v) is 12.0. The van der Waals surface area contributed by atoms with E-state index < -0.39 is 0 Å². The Morgan fingerprint density at radius 3 is 2.25 bits per heavy atom. The van der Waals surface area contributed by atoms with E-state index in [4.69, 9.17) is 11.6 Å². The Morgan fingerprint density at radius 1 is 0.900 bits per heavy atom. The molecule has 3 aromatic rings. The fourth-order valence-corrected chi connectivity index (χ4v) is 2.82. The van der Waals surface area contributed by atoms with Crippen LogP contribution in [0.1, 0.15) is 0 Å². The van der Waals surface area contributed by atoms with E-state index in [0.717, 1.165) is 22.5 Å². The Morgan fingerprint density at radius 2 is 1.60 bits per heavy atom. The van der Waals surface area contributed by atoms with Crippen LogP contribution in [0.2, 0.25) is 5.02 Å². The standard InChI is InChI=1S/C16H10ClNOS/c17-13-8-6-12(7-9-13)15-18-10-14(16(19)20-15)11-4-2-1-3-5-11/h1-10H. The molecule has 0 bridgehead atoms. The number of aromatic nitrogens is 1. The van der Waals surface area contributed by atoms with Crippen LogP contribution in [-0.4, -0.2) is 4.98 Å². The molecule has 20 heavy (non-hydrogen) atoms. The van der Waals surface area contributed by atoms with Crippen molar-refractivity contribution in [3.63, 3.8) is 0 Å². The summed E-state index contributed by atoms with van der Waals surface area (Å²) in [7, 11) is 0. The van der Waals surface area contributed by atoms with Gasteiger partial charge in [0.25, 0.3) is 0 Å². The Labute approximate surface area is 125 Å². The summed E-state index contributed by atoms with van der Waals surface area (Å²) in [6, 6.07) is 16.9. The number of halogens is 1. The van der Waals surface area contributed by atoms with Gasteiger partial charge in [-0.3, -0.25) is 4.79 Å². The van der Waals surface area contributed by atoms with Gasteiger partial charge in [0.15, 0.2) is 0 Å². The number of benzene rings is 2. The smallest absolute Gasteiger partial charge is 0.243 e. The third kappa shape index (κ3) is 2.64. The van der Waals surface area contributed by atoms with Gasteiger partial charge in [0.2, 0.25) is 4.74 Å². The molecule has 0 spiro atoms. The molecule has 3 rings (SSSR count). The second-order valence-corrected chi connectivity index (χ2v) is 5.64. The molecule has 0 unspecified atom stereocenters. The van der Waals surface area contributed by atoms with Crippen LogP contribution in [0.3, 0.4) is 0 Å². The molecule has 0 saturated carbocycles. The summed E-state index contributed by atoms with van der Waals surface area (Å²) in [6.07, 6.45) is 1.64. The molecule has 1 aromatic heterocycles. The van der Waals surface area contributed by atoms with E-state index in [2.05, 4.69) is 4.98 Å². The molecule has 0 amide bonds. The Balaban J connectivity index is 2.04. The molecule has 0 radical (unpaired) electrons. The topological polar surface area (TPSA) is 30.0 Å². The van der Waals surface area contributed by atoms with Crippen LogP contribution in [0.25, 0.3) is 21.7 Å². The number of nitrogens with zero attached hydrogens (tertiary/aromatic N) is 1. The predicted molar refractivity (Wildman–Crippen MR) is 84.3 cm³/mol. The minimum atomic E-state index is 0.0103. The lowest BCUT2D eigenvalue weighted by Crippen LogP contribution is -2.00. The normalized spacial score (nSPS) is 10.4. The minimum absolute atomic E-state index is 0.0103. The summed E-state index contributed by atoms with van der Waals surface area (Å²) >= 11 is 7.00. The number of hydrogen-bond acceptors (Lipinski definition) is 3. The molecule has 0 fully saturated rings. The lowest BCUT2D eigenvalue weighted by Gasteiger charge is -2.02. The van der Waals surface area contributed by atoms with Gasteiger partial charge >= 0.3 is 0 Å². The maximum Gasteiger partial charge on any atom is 0.243 e. The average Bonchev–Trinajstić information content (AvgIpc) is 2.49. The second kappa shape index (κ2) is 5.57. The van der Waals surface area contributed by atoms with Crippen molar-refractivity contribution >= 4 is 22.9 Å². The molecule has 0 aliphatic carbocycles. The molecule has 0 atom stereocenters. The van der Waals surface area contributed by atoms with Crippen LogP contribution in [0, 0.1) is 0 Å². The van der Waals surface area contributed by atoms with Gasteiger partial charge in [-0.05, 0) is 17.7 Å². The highest BCUT2D eigenvalue weighted by molar-refractivity contribution is 7.12. The van der Waals surface area contributed by atoms with Crippen LogP contribution in [0.4, 0.5) is 0 Å². The van der Waals surface area contributed by atoms with Gasteiger partial charge in [-0.15, -0.1) is 0 Å². The first-order valence-corrected chi connectivity index (χ1v) is 7.25. The van der Waals surface area contributed by atoms with Crippen molar-refractivity contribution in [2.45, 2.75) is 0 Å². The minimum Gasteiger partial charge on any atom is -0.277 e. The number of rotatable bonds is 2.